The van der Waals surface area contributed by atoms with Gasteiger partial charge in [0.1, 0.15) is 5.75 Å². The molecule has 2 aromatic rings. The van der Waals surface area contributed by atoms with Crippen LogP contribution >= 0.6 is 12.2 Å². The molecule has 1 aliphatic heterocycles. The second-order valence-corrected chi connectivity index (χ2v) is 5.56. The summed E-state index contributed by atoms with van der Waals surface area (Å²) in [5, 5.41) is 8.35. The molecule has 112 valence electrons. The van der Waals surface area contributed by atoms with Crippen molar-refractivity contribution in [3.63, 3.8) is 0 Å². The van der Waals surface area contributed by atoms with Gasteiger partial charge in [-0.2, -0.15) is 4.68 Å². The molecule has 2 heterocycles. The van der Waals surface area contributed by atoms with E-state index >= 15 is 0 Å². The normalized spacial score (nSPS) is 16.0. The lowest BCUT2D eigenvalue weighted by Crippen LogP contribution is -2.32. The number of likely N-dealkylation sites (tertiary alicyclic amines) is 1. The average Bonchev–Trinajstić information content (AvgIpc) is 2.89. The standard InChI is InChI=1S/C14H19N5OS/c1-20-13-7-5-12(6-8-13)19-14(21)18(15-16-19)11-17-9-3-2-4-10-17/h5-8H,2-4,9-11H2,1H3. The molecule has 0 saturated carbocycles. The Kier molecular flexibility index (Phi) is 4.31. The topological polar surface area (TPSA) is 48.1 Å². The molecule has 0 unspecified atom stereocenters. The Hall–Kier alpha value is -1.73. The Morgan fingerprint density at radius 1 is 1.10 bits per heavy atom. The highest BCUT2D eigenvalue weighted by Crippen LogP contribution is 2.15. The van der Waals surface area contributed by atoms with Gasteiger partial charge in [-0.1, -0.05) is 6.42 Å². The Morgan fingerprint density at radius 3 is 2.48 bits per heavy atom. The van der Waals surface area contributed by atoms with E-state index in [4.69, 9.17) is 17.0 Å². The van der Waals surface area contributed by atoms with Crippen LogP contribution in [0.4, 0.5) is 0 Å². The third kappa shape index (κ3) is 3.14. The quantitative estimate of drug-likeness (QED) is 0.811. The fourth-order valence-electron chi connectivity index (χ4n) is 2.54. The second kappa shape index (κ2) is 6.36. The zero-order chi connectivity index (χ0) is 14.7. The molecule has 1 saturated heterocycles. The molecule has 0 atom stereocenters. The summed E-state index contributed by atoms with van der Waals surface area (Å²) in [4.78, 5) is 2.37. The number of hydrogen-bond acceptors (Lipinski definition) is 5. The highest BCUT2D eigenvalue weighted by Gasteiger charge is 2.13. The van der Waals surface area contributed by atoms with Gasteiger partial charge in [-0.05, 0) is 72.8 Å². The third-order valence-electron chi connectivity index (χ3n) is 3.74. The van der Waals surface area contributed by atoms with Crippen molar-refractivity contribution in [2.24, 2.45) is 0 Å². The zero-order valence-corrected chi connectivity index (χ0v) is 12.9. The number of aromatic nitrogens is 4. The number of hydrogen-bond donors (Lipinski definition) is 0. The minimum Gasteiger partial charge on any atom is -0.497 e. The first-order valence-corrected chi connectivity index (χ1v) is 7.58. The number of methoxy groups -OCH3 is 1. The number of piperidine rings is 1. The number of ether oxygens (including phenoxy) is 1. The summed E-state index contributed by atoms with van der Waals surface area (Å²) in [6.07, 6.45) is 3.82. The van der Waals surface area contributed by atoms with Crippen LogP contribution in [0.2, 0.25) is 0 Å². The molecule has 1 aromatic carbocycles. The number of nitrogens with zero attached hydrogens (tertiary/aromatic N) is 5. The molecule has 7 heteroatoms. The molecular weight excluding hydrogens is 286 g/mol. The molecule has 1 fully saturated rings. The van der Waals surface area contributed by atoms with E-state index in [9.17, 15) is 0 Å². The van der Waals surface area contributed by atoms with Crippen molar-refractivity contribution >= 4 is 12.2 Å². The lowest BCUT2D eigenvalue weighted by molar-refractivity contribution is 0.171. The fourth-order valence-corrected chi connectivity index (χ4v) is 2.77. The predicted molar refractivity (Wildman–Crippen MR) is 82.2 cm³/mol. The summed E-state index contributed by atoms with van der Waals surface area (Å²) in [5.41, 5.74) is 0.894. The predicted octanol–water partition coefficient (Wildman–Crippen LogP) is 2.25. The van der Waals surface area contributed by atoms with Gasteiger partial charge in [-0.25, -0.2) is 4.68 Å². The van der Waals surface area contributed by atoms with E-state index in [0.717, 1.165) is 31.2 Å². The van der Waals surface area contributed by atoms with Crippen molar-refractivity contribution in [1.29, 1.82) is 0 Å². The molecule has 0 radical (unpaired) electrons. The van der Waals surface area contributed by atoms with Gasteiger partial charge >= 0.3 is 0 Å². The first kappa shape index (κ1) is 14.2. The molecule has 3 rings (SSSR count). The maximum absolute atomic E-state index is 5.48. The minimum atomic E-state index is 0.616. The van der Waals surface area contributed by atoms with Gasteiger partial charge < -0.3 is 4.74 Å². The highest BCUT2D eigenvalue weighted by molar-refractivity contribution is 7.71. The van der Waals surface area contributed by atoms with Crippen LogP contribution < -0.4 is 4.74 Å². The molecular formula is C14H19N5OS. The molecule has 0 amide bonds. The zero-order valence-electron chi connectivity index (χ0n) is 12.1. The van der Waals surface area contributed by atoms with E-state index in [1.165, 1.54) is 19.3 Å². The summed E-state index contributed by atoms with van der Waals surface area (Å²) >= 11 is 5.48. The third-order valence-corrected chi connectivity index (χ3v) is 4.12. The maximum atomic E-state index is 5.48. The molecule has 0 spiro atoms. The van der Waals surface area contributed by atoms with Crippen LogP contribution in [0.1, 0.15) is 19.3 Å². The summed E-state index contributed by atoms with van der Waals surface area (Å²) in [7, 11) is 1.65. The van der Waals surface area contributed by atoms with Gasteiger partial charge in [-0.15, -0.1) is 0 Å². The molecule has 0 N–H and O–H groups in total. The van der Waals surface area contributed by atoms with Gasteiger partial charge in [-0.3, -0.25) is 4.90 Å². The van der Waals surface area contributed by atoms with Crippen LogP contribution in [0.15, 0.2) is 24.3 Å². The lowest BCUT2D eigenvalue weighted by Gasteiger charge is -2.25. The number of benzene rings is 1. The maximum Gasteiger partial charge on any atom is 0.221 e. The molecule has 0 aliphatic carbocycles. The van der Waals surface area contributed by atoms with Crippen LogP contribution in [-0.2, 0) is 6.67 Å². The van der Waals surface area contributed by atoms with Gasteiger partial charge in [0.2, 0.25) is 4.77 Å². The van der Waals surface area contributed by atoms with Crippen molar-refractivity contribution in [2.75, 3.05) is 20.2 Å². The smallest absolute Gasteiger partial charge is 0.221 e. The lowest BCUT2D eigenvalue weighted by atomic mass is 10.1. The van der Waals surface area contributed by atoms with Crippen molar-refractivity contribution in [3.05, 3.63) is 29.0 Å². The first-order chi connectivity index (χ1) is 10.3. The van der Waals surface area contributed by atoms with Crippen molar-refractivity contribution in [1.82, 2.24) is 24.7 Å². The Labute approximate surface area is 128 Å². The fraction of sp³-hybridized carbons (Fsp3) is 0.500. The van der Waals surface area contributed by atoms with Crippen molar-refractivity contribution < 1.29 is 4.74 Å². The number of tetrazole rings is 1. The first-order valence-electron chi connectivity index (χ1n) is 7.17. The van der Waals surface area contributed by atoms with Gasteiger partial charge in [0.25, 0.3) is 0 Å². The highest BCUT2D eigenvalue weighted by atomic mass is 32.1. The Balaban J connectivity index is 1.79. The van der Waals surface area contributed by atoms with Crippen LogP contribution in [0.5, 0.6) is 5.75 Å². The minimum absolute atomic E-state index is 0.616. The average molecular weight is 305 g/mol. The summed E-state index contributed by atoms with van der Waals surface area (Å²) in [6.45, 7) is 2.93. The Bertz CT molecular complexity index is 642. The van der Waals surface area contributed by atoms with E-state index < -0.39 is 0 Å². The van der Waals surface area contributed by atoms with Gasteiger partial charge in [0, 0.05) is 0 Å². The molecule has 0 bridgehead atoms. The molecule has 21 heavy (non-hydrogen) atoms. The summed E-state index contributed by atoms with van der Waals surface area (Å²) < 4.78 is 9.24. The molecule has 1 aromatic heterocycles. The van der Waals surface area contributed by atoms with Crippen LogP contribution in [0.25, 0.3) is 5.69 Å². The molecule has 6 nitrogen and oxygen atoms in total. The van der Waals surface area contributed by atoms with Crippen LogP contribution in [-0.4, -0.2) is 44.9 Å². The summed E-state index contributed by atoms with van der Waals surface area (Å²) in [5.74, 6) is 0.811. The van der Waals surface area contributed by atoms with E-state index in [0.29, 0.717) is 4.77 Å². The van der Waals surface area contributed by atoms with E-state index in [2.05, 4.69) is 15.3 Å². The van der Waals surface area contributed by atoms with E-state index in [-0.39, 0.29) is 0 Å². The van der Waals surface area contributed by atoms with Crippen molar-refractivity contribution in [2.45, 2.75) is 25.9 Å². The monoisotopic (exact) mass is 305 g/mol. The molecule has 1 aliphatic rings. The van der Waals surface area contributed by atoms with Crippen molar-refractivity contribution in [3.8, 4) is 11.4 Å². The van der Waals surface area contributed by atoms with Gasteiger partial charge in [0.05, 0.1) is 19.5 Å². The van der Waals surface area contributed by atoms with Crippen LogP contribution in [0, 0.1) is 4.77 Å². The largest absolute Gasteiger partial charge is 0.497 e. The van der Waals surface area contributed by atoms with E-state index in [1.54, 1.807) is 16.5 Å². The second-order valence-electron chi connectivity index (χ2n) is 5.19. The Morgan fingerprint density at radius 2 is 1.81 bits per heavy atom. The summed E-state index contributed by atoms with van der Waals surface area (Å²) in [6, 6.07) is 7.63. The van der Waals surface area contributed by atoms with E-state index in [1.807, 2.05) is 24.3 Å². The number of rotatable bonds is 4. The SMILES string of the molecule is COc1ccc(-n2nnn(CN3CCCCC3)c2=S)cc1. The van der Waals surface area contributed by atoms with Crippen LogP contribution in [0.3, 0.4) is 0 Å². The van der Waals surface area contributed by atoms with Gasteiger partial charge in [0.15, 0.2) is 0 Å².